The maximum atomic E-state index is 12.4. The zero-order chi connectivity index (χ0) is 15.5. The number of hydrogen-bond donors (Lipinski definition) is 2. The first-order valence-electron chi connectivity index (χ1n) is 7.79. The quantitative estimate of drug-likeness (QED) is 0.847. The van der Waals surface area contributed by atoms with Crippen LogP contribution in [0.2, 0.25) is 0 Å². The molecule has 1 aromatic rings. The van der Waals surface area contributed by atoms with Crippen molar-refractivity contribution < 1.29 is 8.42 Å². The summed E-state index contributed by atoms with van der Waals surface area (Å²) in [6.45, 7) is 5.15. The lowest BCUT2D eigenvalue weighted by atomic mass is 9.99. The summed E-state index contributed by atoms with van der Waals surface area (Å²) < 4.78 is 27.6. The second-order valence-corrected chi connectivity index (χ2v) is 7.78. The molecular formula is C16H26N2O2S. The van der Waals surface area contributed by atoms with E-state index in [9.17, 15) is 8.42 Å². The Morgan fingerprint density at radius 2 is 2.05 bits per heavy atom. The molecule has 4 nitrogen and oxygen atoms in total. The van der Waals surface area contributed by atoms with E-state index in [1.807, 2.05) is 13.0 Å². The molecular weight excluding hydrogens is 284 g/mol. The van der Waals surface area contributed by atoms with Gasteiger partial charge in [0.1, 0.15) is 0 Å². The van der Waals surface area contributed by atoms with Gasteiger partial charge in [0, 0.05) is 13.1 Å². The van der Waals surface area contributed by atoms with Crippen LogP contribution in [0.3, 0.4) is 0 Å². The Balaban J connectivity index is 2.11. The Morgan fingerprint density at radius 3 is 2.62 bits per heavy atom. The third kappa shape index (κ3) is 3.84. The molecule has 0 saturated heterocycles. The highest BCUT2D eigenvalue weighted by Gasteiger charge is 2.25. The van der Waals surface area contributed by atoms with Gasteiger partial charge < -0.3 is 5.73 Å². The molecule has 3 N–H and O–H groups in total. The van der Waals surface area contributed by atoms with Crippen molar-refractivity contribution in [3.05, 3.63) is 29.3 Å². The van der Waals surface area contributed by atoms with Crippen LogP contribution in [0.15, 0.2) is 23.1 Å². The third-order valence-corrected chi connectivity index (χ3v) is 6.08. The minimum Gasteiger partial charge on any atom is -0.326 e. The van der Waals surface area contributed by atoms with Crippen molar-refractivity contribution in [2.45, 2.75) is 51.0 Å². The van der Waals surface area contributed by atoms with E-state index >= 15 is 0 Å². The molecule has 1 saturated carbocycles. The van der Waals surface area contributed by atoms with Crippen molar-refractivity contribution in [3.8, 4) is 0 Å². The van der Waals surface area contributed by atoms with Gasteiger partial charge in [-0.05, 0) is 47.9 Å². The SMILES string of the molecule is CCc1ccc(S(=O)(=O)NCC2CCCC2C)cc1CN. The maximum absolute atomic E-state index is 12.4. The zero-order valence-electron chi connectivity index (χ0n) is 12.9. The Kier molecular flexibility index (Phi) is 5.41. The molecule has 0 aliphatic heterocycles. The van der Waals surface area contributed by atoms with E-state index in [0.29, 0.717) is 29.8 Å². The van der Waals surface area contributed by atoms with Crippen LogP contribution in [0.4, 0.5) is 0 Å². The van der Waals surface area contributed by atoms with Crippen LogP contribution in [0.25, 0.3) is 0 Å². The number of nitrogens with two attached hydrogens (primary N) is 1. The molecule has 1 aliphatic carbocycles. The van der Waals surface area contributed by atoms with Gasteiger partial charge in [-0.1, -0.05) is 32.8 Å². The third-order valence-electron chi connectivity index (χ3n) is 4.66. The smallest absolute Gasteiger partial charge is 0.240 e. The van der Waals surface area contributed by atoms with Gasteiger partial charge in [-0.25, -0.2) is 13.1 Å². The van der Waals surface area contributed by atoms with E-state index in [-0.39, 0.29) is 0 Å². The lowest BCUT2D eigenvalue weighted by molar-refractivity contribution is 0.414. The molecule has 2 rings (SSSR count). The maximum Gasteiger partial charge on any atom is 0.240 e. The van der Waals surface area contributed by atoms with Crippen LogP contribution in [0, 0.1) is 11.8 Å². The van der Waals surface area contributed by atoms with Gasteiger partial charge in [0.05, 0.1) is 4.90 Å². The Morgan fingerprint density at radius 1 is 1.29 bits per heavy atom. The summed E-state index contributed by atoms with van der Waals surface area (Å²) in [4.78, 5) is 0.325. The molecule has 2 atom stereocenters. The van der Waals surface area contributed by atoms with Crippen molar-refractivity contribution >= 4 is 10.0 Å². The van der Waals surface area contributed by atoms with Gasteiger partial charge in [0.25, 0.3) is 0 Å². The van der Waals surface area contributed by atoms with Crippen LogP contribution < -0.4 is 10.5 Å². The minimum atomic E-state index is -3.43. The molecule has 1 aromatic carbocycles. The largest absolute Gasteiger partial charge is 0.326 e. The van der Waals surface area contributed by atoms with Gasteiger partial charge in [0.15, 0.2) is 0 Å². The molecule has 1 fully saturated rings. The monoisotopic (exact) mass is 310 g/mol. The standard InChI is InChI=1S/C16H26N2O2S/c1-3-13-7-8-16(9-15(13)10-17)21(19,20)18-11-14-6-4-5-12(14)2/h7-9,12,14,18H,3-6,10-11,17H2,1-2H3. The van der Waals surface area contributed by atoms with Crippen molar-refractivity contribution in [2.24, 2.45) is 17.6 Å². The van der Waals surface area contributed by atoms with E-state index in [0.717, 1.165) is 24.0 Å². The average molecular weight is 310 g/mol. The molecule has 1 aliphatic rings. The van der Waals surface area contributed by atoms with Crippen molar-refractivity contribution in [1.82, 2.24) is 4.72 Å². The van der Waals surface area contributed by atoms with Gasteiger partial charge >= 0.3 is 0 Å². The number of benzene rings is 1. The van der Waals surface area contributed by atoms with Crippen LogP contribution in [0.5, 0.6) is 0 Å². The van der Waals surface area contributed by atoms with Crippen LogP contribution in [0.1, 0.15) is 44.2 Å². The summed E-state index contributed by atoms with van der Waals surface area (Å²) >= 11 is 0. The lowest BCUT2D eigenvalue weighted by Crippen LogP contribution is -2.30. The van der Waals surface area contributed by atoms with Crippen LogP contribution >= 0.6 is 0 Å². The number of nitrogens with one attached hydrogen (secondary N) is 1. The first-order chi connectivity index (χ1) is 9.97. The predicted octanol–water partition coefficient (Wildman–Crippen LogP) is 2.42. The van der Waals surface area contributed by atoms with Crippen LogP contribution in [-0.2, 0) is 23.0 Å². The fourth-order valence-electron chi connectivity index (χ4n) is 3.13. The van der Waals surface area contributed by atoms with Gasteiger partial charge in [-0.2, -0.15) is 0 Å². The Hall–Kier alpha value is -0.910. The fraction of sp³-hybridized carbons (Fsp3) is 0.625. The van der Waals surface area contributed by atoms with E-state index in [1.54, 1.807) is 12.1 Å². The average Bonchev–Trinajstić information content (AvgIpc) is 2.89. The summed E-state index contributed by atoms with van der Waals surface area (Å²) in [6.07, 6.45) is 4.39. The van der Waals surface area contributed by atoms with Gasteiger partial charge in [0.2, 0.25) is 10.0 Å². The Bertz CT molecular complexity index is 584. The molecule has 0 amide bonds. The molecule has 2 unspecified atom stereocenters. The van der Waals surface area contributed by atoms with E-state index in [1.165, 1.54) is 12.8 Å². The summed E-state index contributed by atoms with van der Waals surface area (Å²) in [5, 5.41) is 0. The second kappa shape index (κ2) is 6.90. The topological polar surface area (TPSA) is 72.2 Å². The van der Waals surface area contributed by atoms with Gasteiger partial charge in [-0.3, -0.25) is 0 Å². The van der Waals surface area contributed by atoms with Crippen LogP contribution in [-0.4, -0.2) is 15.0 Å². The lowest BCUT2D eigenvalue weighted by Gasteiger charge is -2.16. The number of aryl methyl sites for hydroxylation is 1. The Labute approximate surface area is 128 Å². The molecule has 0 radical (unpaired) electrons. The fourth-order valence-corrected chi connectivity index (χ4v) is 4.27. The number of rotatable bonds is 6. The molecule has 21 heavy (non-hydrogen) atoms. The molecule has 0 heterocycles. The first-order valence-corrected chi connectivity index (χ1v) is 9.27. The molecule has 0 spiro atoms. The predicted molar refractivity (Wildman–Crippen MR) is 85.4 cm³/mol. The normalized spacial score (nSPS) is 22.6. The summed E-state index contributed by atoms with van der Waals surface area (Å²) in [5.41, 5.74) is 7.74. The first kappa shape index (κ1) is 16.5. The van der Waals surface area contributed by atoms with Crippen molar-refractivity contribution in [1.29, 1.82) is 0 Å². The van der Waals surface area contributed by atoms with E-state index in [4.69, 9.17) is 5.73 Å². The molecule has 5 heteroatoms. The number of hydrogen-bond acceptors (Lipinski definition) is 3. The minimum absolute atomic E-state index is 0.325. The summed E-state index contributed by atoms with van der Waals surface area (Å²) in [7, 11) is -3.43. The van der Waals surface area contributed by atoms with E-state index in [2.05, 4.69) is 11.6 Å². The number of sulfonamides is 1. The summed E-state index contributed by atoms with van der Waals surface area (Å²) in [5.74, 6) is 1.07. The molecule has 0 aromatic heterocycles. The zero-order valence-corrected chi connectivity index (χ0v) is 13.7. The highest BCUT2D eigenvalue weighted by atomic mass is 32.2. The van der Waals surface area contributed by atoms with Gasteiger partial charge in [-0.15, -0.1) is 0 Å². The molecule has 118 valence electrons. The van der Waals surface area contributed by atoms with Crippen molar-refractivity contribution in [2.75, 3.05) is 6.54 Å². The molecule has 0 bridgehead atoms. The highest BCUT2D eigenvalue weighted by Crippen LogP contribution is 2.30. The van der Waals surface area contributed by atoms with Crippen molar-refractivity contribution in [3.63, 3.8) is 0 Å². The summed E-state index contributed by atoms with van der Waals surface area (Å²) in [6, 6.07) is 5.26. The highest BCUT2D eigenvalue weighted by molar-refractivity contribution is 7.89. The second-order valence-electron chi connectivity index (χ2n) is 6.01. The van der Waals surface area contributed by atoms with E-state index < -0.39 is 10.0 Å².